The normalized spacial score (nSPS) is 13.7. The fourth-order valence-electron chi connectivity index (χ4n) is 3.55. The van der Waals surface area contributed by atoms with E-state index in [2.05, 4.69) is 10.4 Å². The van der Waals surface area contributed by atoms with Crippen LogP contribution in [0.15, 0.2) is 59.7 Å². The highest BCUT2D eigenvalue weighted by molar-refractivity contribution is 6.07. The number of amides is 2. The molecule has 0 unspecified atom stereocenters. The molecule has 7 nitrogen and oxygen atoms in total. The van der Waals surface area contributed by atoms with Gasteiger partial charge >= 0.3 is 0 Å². The first kappa shape index (κ1) is 19.8. The maximum atomic E-state index is 13.3. The van der Waals surface area contributed by atoms with Crippen molar-refractivity contribution in [3.8, 4) is 0 Å². The number of para-hydroxylation sites is 1. The van der Waals surface area contributed by atoms with E-state index in [0.29, 0.717) is 25.4 Å². The summed E-state index contributed by atoms with van der Waals surface area (Å²) in [5.74, 6) is -0.577. The van der Waals surface area contributed by atoms with Gasteiger partial charge < -0.3 is 14.6 Å². The van der Waals surface area contributed by atoms with E-state index in [1.54, 1.807) is 7.11 Å². The van der Waals surface area contributed by atoms with Gasteiger partial charge in [-0.2, -0.15) is 5.10 Å². The number of hydrazone groups is 1. The third-order valence-electron chi connectivity index (χ3n) is 5.12. The highest BCUT2D eigenvalue weighted by atomic mass is 16.5. The number of aryl methyl sites for hydroxylation is 1. The van der Waals surface area contributed by atoms with Crippen LogP contribution in [-0.4, -0.2) is 53.9 Å². The predicted octanol–water partition coefficient (Wildman–Crippen LogP) is 2.57. The van der Waals surface area contributed by atoms with E-state index in [4.69, 9.17) is 4.74 Å². The van der Waals surface area contributed by atoms with Crippen LogP contribution < -0.4 is 5.32 Å². The molecule has 0 radical (unpaired) electrons. The van der Waals surface area contributed by atoms with Gasteiger partial charge in [0.25, 0.3) is 5.91 Å². The fourth-order valence-corrected chi connectivity index (χ4v) is 3.55. The van der Waals surface area contributed by atoms with Gasteiger partial charge in [-0.05, 0) is 24.6 Å². The molecule has 2 heterocycles. The van der Waals surface area contributed by atoms with Crippen LogP contribution in [0.25, 0.3) is 10.9 Å². The summed E-state index contributed by atoms with van der Waals surface area (Å²) in [5.41, 5.74) is 4.28. The second kappa shape index (κ2) is 8.51. The summed E-state index contributed by atoms with van der Waals surface area (Å²) in [5, 5.41) is 9.60. The van der Waals surface area contributed by atoms with Crippen molar-refractivity contribution in [2.75, 3.05) is 26.8 Å². The number of rotatable bonds is 6. The zero-order valence-electron chi connectivity index (χ0n) is 17.1. The molecule has 1 aliphatic heterocycles. The number of aromatic nitrogens is 1. The lowest BCUT2D eigenvalue weighted by Crippen LogP contribution is -2.39. The van der Waals surface area contributed by atoms with Crippen LogP contribution in [0, 0.1) is 6.92 Å². The van der Waals surface area contributed by atoms with Gasteiger partial charge in [0.15, 0.2) is 0 Å². The first-order valence-corrected chi connectivity index (χ1v) is 9.87. The van der Waals surface area contributed by atoms with Gasteiger partial charge in [-0.3, -0.25) is 9.59 Å². The Morgan fingerprint density at radius 2 is 1.93 bits per heavy atom. The van der Waals surface area contributed by atoms with Gasteiger partial charge in [-0.1, -0.05) is 48.0 Å². The monoisotopic (exact) mass is 404 g/mol. The standard InChI is InChI=1S/C23H24N4O3/c1-16-7-9-17(10-8-16)19-14-26-20-6-4-3-5-18(20)13-21(26)23(29)27(25-19)15-22(28)24-11-12-30-2/h3-10,13H,11-12,14-15H2,1-2H3,(H,24,28). The highest BCUT2D eigenvalue weighted by Crippen LogP contribution is 2.24. The molecular formula is C23H24N4O3. The number of ether oxygens (including phenoxy) is 1. The molecule has 1 aliphatic rings. The molecule has 30 heavy (non-hydrogen) atoms. The number of benzene rings is 2. The van der Waals surface area contributed by atoms with E-state index in [1.807, 2.05) is 66.1 Å². The Balaban J connectivity index is 1.74. The zero-order chi connectivity index (χ0) is 21.1. The molecule has 4 rings (SSSR count). The van der Waals surface area contributed by atoms with Gasteiger partial charge in [-0.15, -0.1) is 0 Å². The Morgan fingerprint density at radius 3 is 2.70 bits per heavy atom. The molecule has 0 bridgehead atoms. The molecule has 2 amide bonds. The van der Waals surface area contributed by atoms with Crippen LogP contribution >= 0.6 is 0 Å². The summed E-state index contributed by atoms with van der Waals surface area (Å²) < 4.78 is 6.93. The highest BCUT2D eigenvalue weighted by Gasteiger charge is 2.27. The number of fused-ring (bicyclic) bond motifs is 3. The summed E-state index contributed by atoms with van der Waals surface area (Å²) in [4.78, 5) is 25.7. The van der Waals surface area contributed by atoms with Crippen molar-refractivity contribution in [1.29, 1.82) is 0 Å². The third kappa shape index (κ3) is 3.97. The Kier molecular flexibility index (Phi) is 5.63. The molecule has 3 aromatic rings. The SMILES string of the molecule is COCCNC(=O)CN1N=C(c2ccc(C)cc2)Cn2c(cc3ccccc32)C1=O. The Morgan fingerprint density at radius 1 is 1.17 bits per heavy atom. The van der Waals surface area contributed by atoms with E-state index >= 15 is 0 Å². The van der Waals surface area contributed by atoms with Gasteiger partial charge in [0, 0.05) is 24.6 Å². The molecule has 0 aliphatic carbocycles. The minimum atomic E-state index is -0.296. The van der Waals surface area contributed by atoms with Crippen molar-refractivity contribution >= 4 is 28.4 Å². The average molecular weight is 404 g/mol. The molecule has 2 aromatic carbocycles. The number of carbonyl (C=O) groups excluding carboxylic acids is 2. The molecule has 0 fully saturated rings. The Bertz CT molecular complexity index is 1120. The summed E-state index contributed by atoms with van der Waals surface area (Å²) >= 11 is 0. The summed E-state index contributed by atoms with van der Waals surface area (Å²) in [6.07, 6.45) is 0. The Labute approximate surface area is 174 Å². The number of nitrogens with zero attached hydrogens (tertiary/aromatic N) is 3. The molecule has 1 N–H and O–H groups in total. The lowest BCUT2D eigenvalue weighted by Gasteiger charge is -2.16. The number of hydrogen-bond acceptors (Lipinski definition) is 4. The van der Waals surface area contributed by atoms with Crippen molar-refractivity contribution in [2.24, 2.45) is 5.10 Å². The first-order valence-electron chi connectivity index (χ1n) is 9.87. The number of hydrogen-bond donors (Lipinski definition) is 1. The molecule has 1 aromatic heterocycles. The molecule has 0 spiro atoms. The lowest BCUT2D eigenvalue weighted by atomic mass is 10.1. The molecular weight excluding hydrogens is 380 g/mol. The van der Waals surface area contributed by atoms with Crippen LogP contribution in [0.2, 0.25) is 0 Å². The summed E-state index contributed by atoms with van der Waals surface area (Å²) in [7, 11) is 1.57. The largest absolute Gasteiger partial charge is 0.383 e. The molecule has 0 saturated carbocycles. The van der Waals surface area contributed by atoms with Crippen LogP contribution in [0.3, 0.4) is 0 Å². The van der Waals surface area contributed by atoms with Crippen molar-refractivity contribution < 1.29 is 14.3 Å². The maximum Gasteiger partial charge on any atom is 0.291 e. The van der Waals surface area contributed by atoms with Crippen LogP contribution in [0.4, 0.5) is 0 Å². The molecule has 7 heteroatoms. The average Bonchev–Trinajstić information content (AvgIpc) is 3.05. The fraction of sp³-hybridized carbons (Fsp3) is 0.261. The van der Waals surface area contributed by atoms with Crippen molar-refractivity contribution in [3.05, 3.63) is 71.4 Å². The van der Waals surface area contributed by atoms with E-state index in [1.165, 1.54) is 5.01 Å². The quantitative estimate of drug-likeness (QED) is 0.642. The minimum absolute atomic E-state index is 0.153. The van der Waals surface area contributed by atoms with Gasteiger partial charge in [0.2, 0.25) is 5.91 Å². The maximum absolute atomic E-state index is 13.3. The topological polar surface area (TPSA) is 75.9 Å². The number of carbonyl (C=O) groups is 2. The zero-order valence-corrected chi connectivity index (χ0v) is 17.1. The van der Waals surface area contributed by atoms with Crippen molar-refractivity contribution in [2.45, 2.75) is 13.5 Å². The van der Waals surface area contributed by atoms with E-state index in [9.17, 15) is 9.59 Å². The van der Waals surface area contributed by atoms with Crippen LogP contribution in [0.5, 0.6) is 0 Å². The first-order chi connectivity index (χ1) is 14.6. The van der Waals surface area contributed by atoms with Crippen molar-refractivity contribution in [1.82, 2.24) is 14.9 Å². The summed E-state index contributed by atoms with van der Waals surface area (Å²) in [6.45, 7) is 3.10. The third-order valence-corrected chi connectivity index (χ3v) is 5.12. The number of nitrogens with one attached hydrogen (secondary N) is 1. The number of methoxy groups -OCH3 is 1. The predicted molar refractivity (Wildman–Crippen MR) is 116 cm³/mol. The van der Waals surface area contributed by atoms with Gasteiger partial charge in [0.05, 0.1) is 18.9 Å². The molecule has 154 valence electrons. The lowest BCUT2D eigenvalue weighted by molar-refractivity contribution is -0.122. The summed E-state index contributed by atoms with van der Waals surface area (Å²) in [6, 6.07) is 17.7. The Hall–Kier alpha value is -3.45. The van der Waals surface area contributed by atoms with E-state index in [-0.39, 0.29) is 18.4 Å². The van der Waals surface area contributed by atoms with Crippen molar-refractivity contribution in [3.63, 3.8) is 0 Å². The second-order valence-corrected chi connectivity index (χ2v) is 7.29. The van der Waals surface area contributed by atoms with Crippen LogP contribution in [0.1, 0.15) is 21.6 Å². The van der Waals surface area contributed by atoms with E-state index < -0.39 is 0 Å². The molecule has 0 saturated heterocycles. The molecule has 0 atom stereocenters. The minimum Gasteiger partial charge on any atom is -0.383 e. The van der Waals surface area contributed by atoms with Crippen LogP contribution in [-0.2, 0) is 16.1 Å². The van der Waals surface area contributed by atoms with E-state index in [0.717, 1.165) is 27.7 Å². The van der Waals surface area contributed by atoms with Gasteiger partial charge in [-0.25, -0.2) is 5.01 Å². The smallest absolute Gasteiger partial charge is 0.291 e. The second-order valence-electron chi connectivity index (χ2n) is 7.29. The van der Waals surface area contributed by atoms with Gasteiger partial charge in [0.1, 0.15) is 12.2 Å².